The smallest absolute Gasteiger partial charge is 0.478 e. The van der Waals surface area contributed by atoms with Crippen molar-refractivity contribution in [3.05, 3.63) is 202 Å². The Morgan fingerprint density at radius 3 is 1.03 bits per heavy atom. The topological polar surface area (TPSA) is 258 Å². The molecule has 1 unspecified atom stereocenters. The number of ether oxygens (including phenoxy) is 3. The van der Waals surface area contributed by atoms with Crippen molar-refractivity contribution < 1.29 is 67.6 Å². The average Bonchev–Trinajstić information content (AvgIpc) is 1.58. The van der Waals surface area contributed by atoms with Gasteiger partial charge in [-0.1, -0.05) is 91.0 Å². The van der Waals surface area contributed by atoms with Crippen LogP contribution in [0.15, 0.2) is 169 Å². The lowest BCUT2D eigenvalue weighted by Gasteiger charge is -2.34. The van der Waals surface area contributed by atoms with Gasteiger partial charge in [0, 0.05) is 109 Å². The van der Waals surface area contributed by atoms with E-state index in [0.29, 0.717) is 63.8 Å². The van der Waals surface area contributed by atoms with E-state index in [-0.39, 0.29) is 71.0 Å². The van der Waals surface area contributed by atoms with Crippen molar-refractivity contribution in [1.29, 1.82) is 0 Å². The molecule has 3 N–H and O–H groups in total. The first kappa shape index (κ1) is 76.7. The molecule has 3 amide bonds. The summed E-state index contributed by atoms with van der Waals surface area (Å²) in [6.45, 7) is 15.7. The highest BCUT2D eigenvalue weighted by molar-refractivity contribution is 9.10. The molecule has 3 spiro atoms. The molecule has 9 aromatic rings. The monoisotopic (exact) mass is 1570 g/mol. The van der Waals surface area contributed by atoms with Gasteiger partial charge in [-0.05, 0) is 262 Å². The Morgan fingerprint density at radius 1 is 0.402 bits per heavy atom. The molecule has 0 radical (unpaired) electrons. The predicted octanol–water partition coefficient (Wildman–Crippen LogP) is 15.7. The number of hydrogen-bond acceptors (Lipinski definition) is 14. The fraction of sp³-hybridized carbons (Fsp3) is 0.433. The van der Waals surface area contributed by atoms with Crippen LogP contribution < -0.4 is 5.46 Å². The summed E-state index contributed by atoms with van der Waals surface area (Å²) in [6, 6.07) is 47.4. The van der Waals surface area contributed by atoms with Crippen LogP contribution in [-0.2, 0) is 37.9 Å². The molecule has 10 aliphatic rings. The molecule has 580 valence electrons. The largest absolute Gasteiger partial charge is 0.494 e. The number of carboxylic acid groups (broad SMARTS) is 3. The number of aromatic nitrogens is 3. The number of pyridine rings is 3. The number of rotatable bonds is 12. The van der Waals surface area contributed by atoms with Gasteiger partial charge in [-0.3, -0.25) is 29.3 Å². The molecule has 19 rings (SSSR count). The number of halogens is 1. The zero-order chi connectivity index (χ0) is 77.8. The van der Waals surface area contributed by atoms with Gasteiger partial charge in [0.25, 0.3) is 17.7 Å². The second-order valence-electron chi connectivity index (χ2n) is 33.6. The lowest BCUT2D eigenvalue weighted by molar-refractivity contribution is -0.143. The predicted molar refractivity (Wildman–Crippen MR) is 431 cm³/mol. The fourth-order valence-electron chi connectivity index (χ4n) is 18.3. The van der Waals surface area contributed by atoms with Gasteiger partial charge in [0.15, 0.2) is 0 Å². The number of amides is 3. The van der Waals surface area contributed by atoms with E-state index in [2.05, 4.69) is 144 Å². The summed E-state index contributed by atoms with van der Waals surface area (Å²) in [7, 11) is -0.302. The van der Waals surface area contributed by atoms with Crippen LogP contribution in [0.1, 0.15) is 190 Å². The lowest BCUT2D eigenvalue weighted by Crippen LogP contribution is -2.44. The first-order valence-corrected chi connectivity index (χ1v) is 40.6. The molecular weight excluding hydrogens is 1480 g/mol. The summed E-state index contributed by atoms with van der Waals surface area (Å²) in [6.07, 6.45) is 20.4. The van der Waals surface area contributed by atoms with Crippen molar-refractivity contribution >= 4 is 96.8 Å². The van der Waals surface area contributed by atoms with Crippen molar-refractivity contribution in [2.45, 2.75) is 171 Å². The van der Waals surface area contributed by atoms with Gasteiger partial charge in [-0.25, -0.2) is 14.4 Å². The number of carboxylic acids is 3. The number of carbonyl (C=O) groups is 6. The minimum absolute atomic E-state index is 0.184. The van der Waals surface area contributed by atoms with Crippen LogP contribution in [0.25, 0.3) is 55.0 Å². The Bertz CT molecular complexity index is 4840. The molecule has 6 aromatic carbocycles. The van der Waals surface area contributed by atoms with Gasteiger partial charge in [-0.2, -0.15) is 0 Å². The quantitative estimate of drug-likeness (QED) is 0.0961. The van der Waals surface area contributed by atoms with Crippen molar-refractivity contribution in [2.24, 2.45) is 16.2 Å². The number of piperidine rings is 3. The van der Waals surface area contributed by atoms with Gasteiger partial charge < -0.3 is 53.5 Å². The number of aromatic carboxylic acids is 3. The molecule has 7 aliphatic heterocycles. The molecule has 3 aromatic heterocycles. The van der Waals surface area contributed by atoms with Crippen LogP contribution in [0, 0.1) is 16.2 Å². The van der Waals surface area contributed by atoms with Crippen LogP contribution in [0.2, 0.25) is 0 Å². The third-order valence-corrected chi connectivity index (χ3v) is 26.7. The minimum Gasteiger partial charge on any atom is -0.478 e. The van der Waals surface area contributed by atoms with E-state index in [1.54, 1.807) is 48.7 Å². The highest BCUT2D eigenvalue weighted by atomic mass is 79.9. The van der Waals surface area contributed by atoms with Crippen molar-refractivity contribution in [1.82, 2.24) is 29.7 Å². The van der Waals surface area contributed by atoms with Gasteiger partial charge in [0.1, 0.15) is 18.3 Å². The zero-order valence-electron chi connectivity index (χ0n) is 64.0. The molecule has 10 fully saturated rings. The van der Waals surface area contributed by atoms with Crippen molar-refractivity contribution in [3.63, 3.8) is 0 Å². The number of fused-ring (bicyclic) bond motifs is 3. The first-order valence-electron chi connectivity index (χ1n) is 39.8. The highest BCUT2D eigenvalue weighted by Gasteiger charge is 2.59. The van der Waals surface area contributed by atoms with Gasteiger partial charge in [0.05, 0.1) is 44.4 Å². The van der Waals surface area contributed by atoms with Gasteiger partial charge in [0.2, 0.25) is 0 Å². The molecule has 3 saturated carbocycles. The van der Waals surface area contributed by atoms with E-state index in [1.165, 1.54) is 36.0 Å². The fourth-order valence-corrected chi connectivity index (χ4v) is 18.6. The number of benzene rings is 6. The maximum absolute atomic E-state index is 12.7. The van der Waals surface area contributed by atoms with Crippen LogP contribution in [0.5, 0.6) is 0 Å². The number of likely N-dealkylation sites (tertiary alicyclic amines) is 3. The Labute approximate surface area is 661 Å². The Kier molecular flexibility index (Phi) is 21.4. The molecule has 3 aliphatic carbocycles. The second kappa shape index (κ2) is 31.2. The Balaban J connectivity index is 0.000000117. The third-order valence-electron chi connectivity index (χ3n) is 26.3. The summed E-state index contributed by atoms with van der Waals surface area (Å²) in [4.78, 5) is 90.1. The zero-order valence-corrected chi connectivity index (χ0v) is 65.6. The first-order chi connectivity index (χ1) is 53.9. The summed E-state index contributed by atoms with van der Waals surface area (Å²) in [5.74, 6) is -0.457. The molecule has 6 atom stereocenters. The maximum atomic E-state index is 12.7. The summed E-state index contributed by atoms with van der Waals surface area (Å²) in [5, 5.41) is 29.9. The van der Waals surface area contributed by atoms with Gasteiger partial charge in [-0.15, -0.1) is 0 Å². The van der Waals surface area contributed by atoms with E-state index in [4.69, 9.17) is 28.6 Å². The van der Waals surface area contributed by atoms with Crippen molar-refractivity contribution in [2.75, 3.05) is 59.1 Å². The summed E-state index contributed by atoms with van der Waals surface area (Å²) >= 11 is 3.30. The van der Waals surface area contributed by atoms with Crippen molar-refractivity contribution in [3.8, 4) is 22.3 Å². The normalized spacial score (nSPS) is 23.9. The Morgan fingerprint density at radius 2 is 0.714 bits per heavy atom. The molecule has 0 bridgehead atoms. The van der Waals surface area contributed by atoms with E-state index in [1.807, 2.05) is 45.3 Å². The molecule has 20 nitrogen and oxygen atoms in total. The van der Waals surface area contributed by atoms with Gasteiger partial charge >= 0.3 is 25.0 Å². The molecule has 10 heterocycles. The van der Waals surface area contributed by atoms with E-state index in [9.17, 15) is 39.0 Å². The van der Waals surface area contributed by atoms with E-state index in [0.717, 1.165) is 171 Å². The standard InChI is InChI=1S/2C28H28N2O4.C24H34BNO4.C10H6BrNO2/c2*31-26(25-2-1-13-34-25)30-11-9-28(10-12-30)16-23(28)19-5-3-18(4-6-19)22-14-20-7-8-21(27(32)33)15-24(20)29-17-22;1-22(2)23(3,4)30-25(29-22)18-9-7-17(8-10-18)19-16-24(19)11-13-26(14-12-24)21(27)20-6-5-15-28-20;11-8-3-6-1-2-7(10(13)14)4-9(6)12-5-8/h2*3-8,14-15,17,23,25H,1-2,9-13,16H2,(H,32,33);7-10,19-20H,5-6,11-16H2,1-4H3;1-5H,(H,13,14)/t23-,25+;23-,25-;19?,20-;/m011./s1. The highest BCUT2D eigenvalue weighted by Crippen LogP contribution is 2.67. The average molecular weight is 1580 g/mol. The number of hydrogen-bond donors (Lipinski definition) is 3. The molecule has 112 heavy (non-hydrogen) atoms. The molecular formula is C90H96BBrN6O14. The van der Waals surface area contributed by atoms with E-state index >= 15 is 0 Å². The minimum atomic E-state index is -0.943. The lowest BCUT2D eigenvalue weighted by atomic mass is 9.78. The maximum Gasteiger partial charge on any atom is 0.494 e. The van der Waals surface area contributed by atoms with Crippen LogP contribution in [0.4, 0.5) is 0 Å². The summed E-state index contributed by atoms with van der Waals surface area (Å²) in [5.41, 5.74) is 12.8. The van der Waals surface area contributed by atoms with Crippen LogP contribution in [0.3, 0.4) is 0 Å². The molecule has 7 saturated heterocycles. The second-order valence-corrected chi connectivity index (χ2v) is 34.5. The Hall–Kier alpha value is -9.29. The number of nitrogens with zero attached hydrogens (tertiary/aromatic N) is 6. The van der Waals surface area contributed by atoms with E-state index < -0.39 is 17.9 Å². The SMILES string of the molecule is CC1(C)OB(c2ccc(C3CC34CCN(C(=O)[C@H]3CCCO3)CC4)cc2)OC1(C)C.O=C(O)c1ccc2cc(-c3ccc([C@@H]4CC45CCN(C(=O)[C@H]4CCCO4)CC5)cc3)cnc2c1.O=C(O)c1ccc2cc(-c3ccc([C@H]4CC45CCN(C(=O)[C@H]4CCCO4)CC5)cc3)cnc2c1.O=C(O)c1ccc2cc(Br)cnc2c1. The summed E-state index contributed by atoms with van der Waals surface area (Å²) < 4.78 is 30.0. The third kappa shape index (κ3) is 16.1. The number of carbonyl (C=O) groups excluding carboxylic acids is 3. The van der Waals surface area contributed by atoms with Crippen LogP contribution in [-0.4, -0.2) is 176 Å². The van der Waals surface area contributed by atoms with Crippen LogP contribution >= 0.6 is 15.9 Å². The molecule has 22 heteroatoms.